The molecule has 0 bridgehead atoms. The number of hydrogen-bond donors (Lipinski definition) is 1. The van der Waals surface area contributed by atoms with Gasteiger partial charge in [0.15, 0.2) is 0 Å². The predicted molar refractivity (Wildman–Crippen MR) is 49.2 cm³/mol. The normalized spacial score (nSPS) is 18.6. The first kappa shape index (κ1) is 7.84. The van der Waals surface area contributed by atoms with E-state index in [1.54, 1.807) is 12.2 Å². The van der Waals surface area contributed by atoms with Crippen LogP contribution in [0.3, 0.4) is 0 Å². The summed E-state index contributed by atoms with van der Waals surface area (Å²) in [5, 5.41) is 8.77. The molecule has 2 aliphatic carbocycles. The standard InChI is InChI=1S/C11H8O2/c12-11(13)10-6-5-8-3-1-2-4-9(8)7-10/h2-6H,7H2,(H,12,13). The molecule has 2 rings (SSSR count). The van der Waals surface area contributed by atoms with Crippen LogP contribution in [0.15, 0.2) is 52.8 Å². The lowest BCUT2D eigenvalue weighted by atomic mass is 9.91. The van der Waals surface area contributed by atoms with Crippen molar-refractivity contribution < 1.29 is 9.90 Å². The van der Waals surface area contributed by atoms with Crippen LogP contribution >= 0.6 is 0 Å². The summed E-state index contributed by atoms with van der Waals surface area (Å²) in [6.45, 7) is 0. The second-order valence-corrected chi connectivity index (χ2v) is 2.97. The van der Waals surface area contributed by atoms with E-state index in [0.29, 0.717) is 12.0 Å². The van der Waals surface area contributed by atoms with Gasteiger partial charge in [-0.15, -0.1) is 5.73 Å². The van der Waals surface area contributed by atoms with Crippen molar-refractivity contribution in [2.75, 3.05) is 0 Å². The lowest BCUT2D eigenvalue weighted by molar-refractivity contribution is -0.132. The summed E-state index contributed by atoms with van der Waals surface area (Å²) in [6.07, 6.45) is 9.55. The Kier molecular flexibility index (Phi) is 1.76. The molecule has 0 radical (unpaired) electrons. The van der Waals surface area contributed by atoms with E-state index in [2.05, 4.69) is 5.73 Å². The molecule has 0 aromatic carbocycles. The van der Waals surface area contributed by atoms with Gasteiger partial charge in [0, 0.05) is 12.0 Å². The molecule has 0 aliphatic heterocycles. The lowest BCUT2D eigenvalue weighted by Gasteiger charge is -2.13. The van der Waals surface area contributed by atoms with Crippen molar-refractivity contribution in [2.24, 2.45) is 0 Å². The third-order valence-corrected chi connectivity index (χ3v) is 2.11. The van der Waals surface area contributed by atoms with Crippen LogP contribution in [0, 0.1) is 0 Å². The van der Waals surface area contributed by atoms with Crippen LogP contribution in [-0.4, -0.2) is 11.1 Å². The van der Waals surface area contributed by atoms with Crippen LogP contribution < -0.4 is 0 Å². The number of carbonyl (C=O) groups is 1. The molecular formula is C11H8O2. The van der Waals surface area contributed by atoms with Gasteiger partial charge in [-0.3, -0.25) is 0 Å². The molecule has 0 heterocycles. The van der Waals surface area contributed by atoms with Gasteiger partial charge in [0.2, 0.25) is 0 Å². The molecule has 2 heteroatoms. The largest absolute Gasteiger partial charge is 0.478 e. The van der Waals surface area contributed by atoms with Crippen LogP contribution in [0.25, 0.3) is 0 Å². The van der Waals surface area contributed by atoms with Crippen LogP contribution in [0.1, 0.15) is 6.42 Å². The fraction of sp³-hybridized carbons (Fsp3) is 0.0909. The molecular weight excluding hydrogens is 164 g/mol. The van der Waals surface area contributed by atoms with Crippen LogP contribution in [0.5, 0.6) is 0 Å². The summed E-state index contributed by atoms with van der Waals surface area (Å²) in [5.74, 6) is -0.838. The van der Waals surface area contributed by atoms with Crippen molar-refractivity contribution in [3.8, 4) is 0 Å². The van der Waals surface area contributed by atoms with Gasteiger partial charge in [-0.05, 0) is 23.3 Å². The Labute approximate surface area is 75.9 Å². The number of aliphatic carboxylic acids is 1. The average molecular weight is 172 g/mol. The van der Waals surface area contributed by atoms with E-state index in [0.717, 1.165) is 11.1 Å². The van der Waals surface area contributed by atoms with Crippen molar-refractivity contribution in [1.29, 1.82) is 0 Å². The Balaban J connectivity index is 2.39. The molecule has 2 nitrogen and oxygen atoms in total. The van der Waals surface area contributed by atoms with Crippen molar-refractivity contribution in [3.63, 3.8) is 0 Å². The first-order chi connectivity index (χ1) is 6.27. The van der Waals surface area contributed by atoms with Gasteiger partial charge in [-0.25, -0.2) is 4.79 Å². The molecule has 0 aromatic rings. The van der Waals surface area contributed by atoms with E-state index in [4.69, 9.17) is 5.11 Å². The van der Waals surface area contributed by atoms with E-state index in [9.17, 15) is 4.79 Å². The zero-order chi connectivity index (χ0) is 9.26. The minimum absolute atomic E-state index is 0.443. The molecule has 2 aliphatic rings. The fourth-order valence-electron chi connectivity index (χ4n) is 1.39. The van der Waals surface area contributed by atoms with Crippen molar-refractivity contribution in [1.82, 2.24) is 0 Å². The molecule has 0 amide bonds. The molecule has 0 atom stereocenters. The molecule has 0 saturated carbocycles. The van der Waals surface area contributed by atoms with E-state index >= 15 is 0 Å². The molecule has 0 aromatic heterocycles. The van der Waals surface area contributed by atoms with Gasteiger partial charge in [0.1, 0.15) is 0 Å². The number of carboxylic acids is 1. The lowest BCUT2D eigenvalue weighted by Crippen LogP contribution is -2.06. The third kappa shape index (κ3) is 1.40. The number of allylic oxidation sites excluding steroid dienone is 6. The maximum atomic E-state index is 10.7. The summed E-state index contributed by atoms with van der Waals surface area (Å²) in [7, 11) is 0. The fourth-order valence-corrected chi connectivity index (χ4v) is 1.39. The van der Waals surface area contributed by atoms with Crippen molar-refractivity contribution in [3.05, 3.63) is 52.8 Å². The number of hydrogen-bond acceptors (Lipinski definition) is 1. The Bertz CT molecular complexity index is 413. The predicted octanol–water partition coefficient (Wildman–Crippen LogP) is 1.98. The SMILES string of the molecule is O=C(O)C1=CC=C2C=C=CC=C2C1. The van der Waals surface area contributed by atoms with Crippen molar-refractivity contribution in [2.45, 2.75) is 6.42 Å². The van der Waals surface area contributed by atoms with E-state index < -0.39 is 5.97 Å². The van der Waals surface area contributed by atoms with E-state index in [1.165, 1.54) is 0 Å². The summed E-state index contributed by atoms with van der Waals surface area (Å²) in [4.78, 5) is 10.7. The van der Waals surface area contributed by atoms with Gasteiger partial charge in [0.05, 0.1) is 0 Å². The summed E-state index contributed by atoms with van der Waals surface area (Å²) in [6, 6.07) is 0. The highest BCUT2D eigenvalue weighted by molar-refractivity contribution is 5.88. The minimum atomic E-state index is -0.838. The molecule has 1 N–H and O–H groups in total. The zero-order valence-corrected chi connectivity index (χ0v) is 6.95. The third-order valence-electron chi connectivity index (χ3n) is 2.11. The van der Waals surface area contributed by atoms with Gasteiger partial charge < -0.3 is 5.11 Å². The van der Waals surface area contributed by atoms with Crippen molar-refractivity contribution >= 4 is 5.97 Å². The average Bonchev–Trinajstić information content (AvgIpc) is 2.17. The number of carboxylic acid groups (broad SMARTS) is 1. The maximum Gasteiger partial charge on any atom is 0.331 e. The molecule has 0 saturated heterocycles. The van der Waals surface area contributed by atoms with Gasteiger partial charge in [0.25, 0.3) is 0 Å². The Hall–Kier alpha value is -1.79. The topological polar surface area (TPSA) is 37.3 Å². The van der Waals surface area contributed by atoms with Crippen LogP contribution in [0.2, 0.25) is 0 Å². The highest BCUT2D eigenvalue weighted by atomic mass is 16.4. The second kappa shape index (κ2) is 2.92. The Morgan fingerprint density at radius 3 is 3.00 bits per heavy atom. The molecule has 0 unspecified atom stereocenters. The Morgan fingerprint density at radius 1 is 1.38 bits per heavy atom. The second-order valence-electron chi connectivity index (χ2n) is 2.97. The highest BCUT2D eigenvalue weighted by Crippen LogP contribution is 2.26. The molecule has 64 valence electrons. The monoisotopic (exact) mass is 172 g/mol. The van der Waals surface area contributed by atoms with E-state index in [1.807, 2.05) is 18.2 Å². The molecule has 0 fully saturated rings. The van der Waals surface area contributed by atoms with Gasteiger partial charge >= 0.3 is 5.97 Å². The summed E-state index contributed by atoms with van der Waals surface area (Å²) >= 11 is 0. The maximum absolute atomic E-state index is 10.7. The van der Waals surface area contributed by atoms with Crippen LogP contribution in [-0.2, 0) is 4.79 Å². The molecule has 13 heavy (non-hydrogen) atoms. The van der Waals surface area contributed by atoms with Crippen LogP contribution in [0.4, 0.5) is 0 Å². The molecule has 0 spiro atoms. The van der Waals surface area contributed by atoms with Gasteiger partial charge in [-0.2, -0.15) is 0 Å². The quantitative estimate of drug-likeness (QED) is 0.614. The zero-order valence-electron chi connectivity index (χ0n) is 6.95. The van der Waals surface area contributed by atoms with Gasteiger partial charge in [-0.1, -0.05) is 18.2 Å². The Morgan fingerprint density at radius 2 is 2.23 bits per heavy atom. The minimum Gasteiger partial charge on any atom is -0.478 e. The first-order valence-corrected chi connectivity index (χ1v) is 4.03. The number of fused-ring (bicyclic) bond motifs is 1. The number of rotatable bonds is 1. The first-order valence-electron chi connectivity index (χ1n) is 4.03. The van der Waals surface area contributed by atoms with E-state index in [-0.39, 0.29) is 0 Å². The smallest absolute Gasteiger partial charge is 0.331 e. The highest BCUT2D eigenvalue weighted by Gasteiger charge is 2.15. The summed E-state index contributed by atoms with van der Waals surface area (Å²) < 4.78 is 0. The summed E-state index contributed by atoms with van der Waals surface area (Å²) in [5.41, 5.74) is 5.52.